The number of unbranched alkanes of at least 4 members (excludes halogenated alkanes) is 17. The van der Waals surface area contributed by atoms with Gasteiger partial charge in [-0.15, -0.1) is 0 Å². The number of nitrogens with one attached hydrogen (secondary N) is 3. The van der Waals surface area contributed by atoms with Crippen LogP contribution in [0.2, 0.25) is 0 Å². The monoisotopic (exact) mass is 642 g/mol. The van der Waals surface area contributed by atoms with E-state index in [-0.39, 0.29) is 11.8 Å². The van der Waals surface area contributed by atoms with Crippen LogP contribution in [0.3, 0.4) is 0 Å². The summed E-state index contributed by atoms with van der Waals surface area (Å²) < 4.78 is 0. The molecule has 0 fully saturated rings. The molecule has 0 saturated heterocycles. The number of hydrogen-bond acceptors (Lipinski definition) is 3. The van der Waals surface area contributed by atoms with E-state index < -0.39 is 6.04 Å². The van der Waals surface area contributed by atoms with E-state index in [0.717, 1.165) is 51.4 Å². The molecule has 5 nitrogen and oxygen atoms in total. The zero-order valence-corrected chi connectivity index (χ0v) is 30.6. The third kappa shape index (κ3) is 33.2. The van der Waals surface area contributed by atoms with E-state index in [9.17, 15) is 9.59 Å². The molecule has 0 saturated carbocycles. The second-order valence-electron chi connectivity index (χ2n) is 12.9. The molecule has 266 valence electrons. The van der Waals surface area contributed by atoms with E-state index in [4.69, 9.17) is 0 Å². The van der Waals surface area contributed by atoms with Gasteiger partial charge in [0.1, 0.15) is 6.04 Å². The summed E-state index contributed by atoms with van der Waals surface area (Å²) in [5.74, 6) is -0.0538. The first kappa shape index (κ1) is 43.9. The van der Waals surface area contributed by atoms with Gasteiger partial charge in [-0.05, 0) is 97.1 Å². The first-order chi connectivity index (χ1) is 22.7. The van der Waals surface area contributed by atoms with Gasteiger partial charge in [-0.3, -0.25) is 9.59 Å². The minimum absolute atomic E-state index is 0.00402. The summed E-state index contributed by atoms with van der Waals surface area (Å²) in [5, 5.41) is 9.16. The molecule has 5 heteroatoms. The molecule has 2 amide bonds. The van der Waals surface area contributed by atoms with E-state index in [2.05, 4.69) is 78.4 Å². The number of carbonyl (C=O) groups is 2. The maximum atomic E-state index is 12.8. The first-order valence-electron chi connectivity index (χ1n) is 19.5. The molecule has 0 aliphatic carbocycles. The summed E-state index contributed by atoms with van der Waals surface area (Å²) in [7, 11) is 1.88. The third-order valence-corrected chi connectivity index (χ3v) is 8.37. The van der Waals surface area contributed by atoms with Gasteiger partial charge >= 0.3 is 0 Å². The minimum atomic E-state index is -0.456. The highest BCUT2D eigenvalue weighted by atomic mass is 16.2. The Morgan fingerprint density at radius 2 is 0.957 bits per heavy atom. The maximum absolute atomic E-state index is 12.8. The average molecular weight is 642 g/mol. The maximum Gasteiger partial charge on any atom is 0.242 e. The summed E-state index contributed by atoms with van der Waals surface area (Å²) in [4.78, 5) is 25.3. The molecule has 0 heterocycles. The molecule has 0 aromatic heterocycles. The lowest BCUT2D eigenvalue weighted by atomic mass is 10.1. The Bertz CT molecular complexity index is 787. The minimum Gasteiger partial charge on any atom is -0.354 e. The molecule has 0 aromatic carbocycles. The van der Waals surface area contributed by atoms with Crippen molar-refractivity contribution < 1.29 is 9.59 Å². The fraction of sp³-hybridized carbons (Fsp3) is 0.756. The first-order valence-corrected chi connectivity index (χ1v) is 19.5. The molecule has 3 N–H and O–H groups in total. The van der Waals surface area contributed by atoms with Crippen molar-refractivity contribution in [3.05, 3.63) is 48.6 Å². The van der Waals surface area contributed by atoms with E-state index in [0.29, 0.717) is 25.9 Å². The fourth-order valence-electron chi connectivity index (χ4n) is 5.37. The SMILES string of the molecule is CCCCCC=CCC=CCCCCCCCCNC(=O)C(CCNC)NC(=O)CCCCCCCC=CCC=CCCCCC. The standard InChI is InChI=1S/C41H75N3O2/c1-4-6-8-10-12-14-16-18-20-22-24-26-28-30-32-34-37-43-41(46)39(36-38-42-3)44-40(45)35-33-31-29-27-25-23-21-19-17-15-13-11-9-7-5-2/h12-15,18-21,39,42H,4-11,16-17,22-38H2,1-3H3,(H,43,46)(H,44,45). The predicted molar refractivity (Wildman–Crippen MR) is 202 cm³/mol. The van der Waals surface area contributed by atoms with Crippen molar-refractivity contribution in [3.8, 4) is 0 Å². The van der Waals surface area contributed by atoms with Crippen LogP contribution >= 0.6 is 0 Å². The van der Waals surface area contributed by atoms with Gasteiger partial charge in [0.15, 0.2) is 0 Å². The van der Waals surface area contributed by atoms with Gasteiger partial charge in [0.2, 0.25) is 11.8 Å². The van der Waals surface area contributed by atoms with Crippen LogP contribution in [-0.4, -0.2) is 38.0 Å². The Morgan fingerprint density at radius 1 is 0.522 bits per heavy atom. The van der Waals surface area contributed by atoms with Crippen LogP contribution in [0.5, 0.6) is 0 Å². The quantitative estimate of drug-likeness (QED) is 0.0484. The molecule has 0 spiro atoms. The molecule has 0 bridgehead atoms. The largest absolute Gasteiger partial charge is 0.354 e. The van der Waals surface area contributed by atoms with Crippen molar-refractivity contribution in [1.29, 1.82) is 0 Å². The van der Waals surface area contributed by atoms with E-state index in [1.54, 1.807) is 0 Å². The van der Waals surface area contributed by atoms with Crippen LogP contribution in [0.15, 0.2) is 48.6 Å². The zero-order chi connectivity index (χ0) is 33.6. The summed E-state index contributed by atoms with van der Waals surface area (Å²) in [6.07, 6.45) is 46.9. The van der Waals surface area contributed by atoms with Crippen molar-refractivity contribution in [3.63, 3.8) is 0 Å². The van der Waals surface area contributed by atoms with Crippen LogP contribution in [0.4, 0.5) is 0 Å². The van der Waals surface area contributed by atoms with Crippen LogP contribution in [0.1, 0.15) is 174 Å². The Kier molecular flexibility index (Phi) is 35.6. The van der Waals surface area contributed by atoms with Gasteiger partial charge in [0.05, 0.1) is 0 Å². The number of rotatable bonds is 34. The molecule has 0 aliphatic heterocycles. The van der Waals surface area contributed by atoms with Crippen LogP contribution < -0.4 is 16.0 Å². The molecule has 0 aromatic rings. The van der Waals surface area contributed by atoms with Gasteiger partial charge in [0, 0.05) is 13.0 Å². The second kappa shape index (κ2) is 37.3. The normalized spacial score (nSPS) is 12.7. The molecule has 1 unspecified atom stereocenters. The predicted octanol–water partition coefficient (Wildman–Crippen LogP) is 10.8. The van der Waals surface area contributed by atoms with Gasteiger partial charge < -0.3 is 16.0 Å². The number of carbonyl (C=O) groups excluding carboxylic acids is 2. The lowest BCUT2D eigenvalue weighted by Gasteiger charge is -2.18. The zero-order valence-electron chi connectivity index (χ0n) is 30.6. The Labute approximate surface area is 286 Å². The van der Waals surface area contributed by atoms with Gasteiger partial charge in [-0.2, -0.15) is 0 Å². The second-order valence-corrected chi connectivity index (χ2v) is 12.9. The molecule has 0 radical (unpaired) electrons. The topological polar surface area (TPSA) is 70.2 Å². The Morgan fingerprint density at radius 3 is 1.43 bits per heavy atom. The number of hydrogen-bond donors (Lipinski definition) is 3. The van der Waals surface area contributed by atoms with Crippen molar-refractivity contribution in [1.82, 2.24) is 16.0 Å². The van der Waals surface area contributed by atoms with Crippen LogP contribution in [0.25, 0.3) is 0 Å². The smallest absolute Gasteiger partial charge is 0.242 e. The van der Waals surface area contributed by atoms with Gasteiger partial charge in [-0.1, -0.05) is 133 Å². The lowest BCUT2D eigenvalue weighted by molar-refractivity contribution is -0.129. The fourth-order valence-corrected chi connectivity index (χ4v) is 5.37. The number of allylic oxidation sites excluding steroid dienone is 8. The summed E-state index contributed by atoms with van der Waals surface area (Å²) >= 11 is 0. The third-order valence-electron chi connectivity index (χ3n) is 8.37. The highest BCUT2D eigenvalue weighted by Crippen LogP contribution is 2.10. The summed E-state index contributed by atoms with van der Waals surface area (Å²) in [6.45, 7) is 5.88. The van der Waals surface area contributed by atoms with Crippen molar-refractivity contribution in [2.45, 2.75) is 180 Å². The molecule has 46 heavy (non-hydrogen) atoms. The van der Waals surface area contributed by atoms with Gasteiger partial charge in [0.25, 0.3) is 0 Å². The molecule has 1 atom stereocenters. The highest BCUT2D eigenvalue weighted by molar-refractivity contribution is 5.87. The average Bonchev–Trinajstić information content (AvgIpc) is 3.06. The van der Waals surface area contributed by atoms with E-state index in [1.807, 2.05) is 7.05 Å². The van der Waals surface area contributed by atoms with Crippen molar-refractivity contribution >= 4 is 11.8 Å². The Balaban J connectivity index is 3.84. The van der Waals surface area contributed by atoms with E-state index in [1.165, 1.54) is 96.3 Å². The Hall–Kier alpha value is -2.14. The summed E-state index contributed by atoms with van der Waals surface area (Å²) in [5.41, 5.74) is 0. The van der Waals surface area contributed by atoms with E-state index >= 15 is 0 Å². The molecular weight excluding hydrogens is 566 g/mol. The van der Waals surface area contributed by atoms with Crippen LogP contribution in [-0.2, 0) is 9.59 Å². The number of amides is 2. The molecule has 0 aliphatic rings. The molecular formula is C41H75N3O2. The van der Waals surface area contributed by atoms with Gasteiger partial charge in [-0.25, -0.2) is 0 Å². The van der Waals surface area contributed by atoms with Crippen LogP contribution in [0, 0.1) is 0 Å². The van der Waals surface area contributed by atoms with Crippen molar-refractivity contribution in [2.24, 2.45) is 0 Å². The lowest BCUT2D eigenvalue weighted by Crippen LogP contribution is -2.48. The highest BCUT2D eigenvalue weighted by Gasteiger charge is 2.19. The van der Waals surface area contributed by atoms with Crippen molar-refractivity contribution in [2.75, 3.05) is 20.1 Å². The summed E-state index contributed by atoms with van der Waals surface area (Å²) in [6, 6.07) is -0.456. The molecule has 0 rings (SSSR count).